The summed E-state index contributed by atoms with van der Waals surface area (Å²) in [7, 11) is 0. The van der Waals surface area contributed by atoms with Crippen LogP contribution in [0.15, 0.2) is 23.3 Å². The third kappa shape index (κ3) is 1.64. The van der Waals surface area contributed by atoms with Crippen molar-refractivity contribution < 1.29 is 0 Å². The number of aryl methyl sites for hydroxylation is 1. The molecule has 0 bridgehead atoms. The molecule has 3 nitrogen and oxygen atoms in total. The second-order valence-corrected chi connectivity index (χ2v) is 3.31. The average molecular weight is 175 g/mol. The maximum Gasteiger partial charge on any atom is 0.0617 e. The van der Waals surface area contributed by atoms with E-state index in [9.17, 15) is 0 Å². The molecule has 0 aliphatic carbocycles. The Labute approximate surface area is 77.9 Å². The molecule has 0 radical (unpaired) electrons. The molecular weight excluding hydrogens is 162 g/mol. The zero-order chi connectivity index (χ0) is 9.26. The molecule has 0 unspecified atom stereocenters. The molecule has 2 rings (SSSR count). The van der Waals surface area contributed by atoms with Gasteiger partial charge in [0.25, 0.3) is 0 Å². The van der Waals surface area contributed by atoms with Gasteiger partial charge in [0, 0.05) is 24.9 Å². The molecule has 13 heavy (non-hydrogen) atoms. The first-order valence-electron chi connectivity index (χ1n) is 4.43. The topological polar surface area (TPSA) is 41.6 Å². The SMILES string of the molecule is Cc1cc(N)cc(N2CCC=N2)c1. The second kappa shape index (κ2) is 3.09. The standard InChI is InChI=1S/C10H13N3/c1-8-5-9(11)7-10(6-8)13-4-2-3-12-13/h3,5-7H,2,4,11H2,1H3. The van der Waals surface area contributed by atoms with Gasteiger partial charge in [-0.25, -0.2) is 0 Å². The Kier molecular flexibility index (Phi) is 1.93. The van der Waals surface area contributed by atoms with E-state index in [1.165, 1.54) is 5.56 Å². The van der Waals surface area contributed by atoms with E-state index in [1.54, 1.807) is 0 Å². The lowest BCUT2D eigenvalue weighted by Gasteiger charge is -2.14. The van der Waals surface area contributed by atoms with Gasteiger partial charge >= 0.3 is 0 Å². The number of hydrogen-bond acceptors (Lipinski definition) is 3. The number of hydrogen-bond donors (Lipinski definition) is 1. The van der Waals surface area contributed by atoms with Gasteiger partial charge in [-0.05, 0) is 30.7 Å². The van der Waals surface area contributed by atoms with E-state index in [-0.39, 0.29) is 0 Å². The lowest BCUT2D eigenvalue weighted by Crippen LogP contribution is -2.12. The predicted molar refractivity (Wildman–Crippen MR) is 56.0 cm³/mol. The third-order valence-electron chi connectivity index (χ3n) is 2.07. The summed E-state index contributed by atoms with van der Waals surface area (Å²) < 4.78 is 0. The van der Waals surface area contributed by atoms with Gasteiger partial charge in [0.1, 0.15) is 0 Å². The molecule has 0 amide bonds. The van der Waals surface area contributed by atoms with Gasteiger partial charge in [-0.1, -0.05) is 0 Å². The maximum absolute atomic E-state index is 5.75. The Morgan fingerprint density at radius 1 is 1.38 bits per heavy atom. The Morgan fingerprint density at radius 3 is 2.85 bits per heavy atom. The van der Waals surface area contributed by atoms with Crippen LogP contribution in [0.5, 0.6) is 0 Å². The monoisotopic (exact) mass is 175 g/mol. The van der Waals surface area contributed by atoms with E-state index in [4.69, 9.17) is 5.73 Å². The Balaban J connectivity index is 2.34. The Hall–Kier alpha value is -1.51. The zero-order valence-electron chi connectivity index (χ0n) is 7.70. The van der Waals surface area contributed by atoms with Crippen molar-refractivity contribution in [3.8, 4) is 0 Å². The van der Waals surface area contributed by atoms with Crippen LogP contribution in [-0.2, 0) is 0 Å². The third-order valence-corrected chi connectivity index (χ3v) is 2.07. The van der Waals surface area contributed by atoms with Crippen molar-refractivity contribution in [2.75, 3.05) is 17.3 Å². The van der Waals surface area contributed by atoms with E-state index in [1.807, 2.05) is 30.3 Å². The van der Waals surface area contributed by atoms with Gasteiger partial charge in [-0.2, -0.15) is 5.10 Å². The molecule has 0 saturated heterocycles. The summed E-state index contributed by atoms with van der Waals surface area (Å²) in [6.45, 7) is 3.00. The van der Waals surface area contributed by atoms with Crippen LogP contribution in [0.3, 0.4) is 0 Å². The number of nitrogens with zero attached hydrogens (tertiary/aromatic N) is 2. The molecule has 0 spiro atoms. The number of nitrogen functional groups attached to an aromatic ring is 1. The average Bonchev–Trinajstić information content (AvgIpc) is 2.53. The number of rotatable bonds is 1. The number of anilines is 2. The molecule has 1 heterocycles. The number of benzene rings is 1. The van der Waals surface area contributed by atoms with Crippen LogP contribution in [0.2, 0.25) is 0 Å². The molecule has 0 atom stereocenters. The first-order chi connectivity index (χ1) is 6.25. The van der Waals surface area contributed by atoms with Gasteiger partial charge in [0.15, 0.2) is 0 Å². The fourth-order valence-electron chi connectivity index (χ4n) is 1.53. The van der Waals surface area contributed by atoms with Gasteiger partial charge in [-0.15, -0.1) is 0 Å². The van der Waals surface area contributed by atoms with Crippen LogP contribution in [-0.4, -0.2) is 12.8 Å². The lowest BCUT2D eigenvalue weighted by atomic mass is 10.2. The van der Waals surface area contributed by atoms with Crippen molar-refractivity contribution in [3.63, 3.8) is 0 Å². The molecule has 2 N–H and O–H groups in total. The summed E-state index contributed by atoms with van der Waals surface area (Å²) in [6, 6.07) is 6.01. The van der Waals surface area contributed by atoms with Crippen molar-refractivity contribution in [1.82, 2.24) is 0 Å². The van der Waals surface area contributed by atoms with Crippen LogP contribution in [0.4, 0.5) is 11.4 Å². The van der Waals surface area contributed by atoms with E-state index in [0.29, 0.717) is 0 Å². The maximum atomic E-state index is 5.75. The minimum atomic E-state index is 0.803. The highest BCUT2D eigenvalue weighted by Gasteiger charge is 2.08. The highest BCUT2D eigenvalue weighted by Crippen LogP contribution is 2.22. The Morgan fingerprint density at radius 2 is 2.23 bits per heavy atom. The van der Waals surface area contributed by atoms with Crippen molar-refractivity contribution in [3.05, 3.63) is 23.8 Å². The van der Waals surface area contributed by atoms with Crippen LogP contribution in [0.1, 0.15) is 12.0 Å². The normalized spacial score (nSPS) is 15.3. The molecule has 1 aliphatic rings. The number of hydrazone groups is 1. The fourth-order valence-corrected chi connectivity index (χ4v) is 1.53. The van der Waals surface area contributed by atoms with Gasteiger partial charge in [0.05, 0.1) is 5.69 Å². The van der Waals surface area contributed by atoms with Crippen LogP contribution < -0.4 is 10.7 Å². The highest BCUT2D eigenvalue weighted by molar-refractivity contribution is 5.67. The first-order valence-corrected chi connectivity index (χ1v) is 4.43. The molecule has 68 valence electrons. The zero-order valence-corrected chi connectivity index (χ0v) is 7.70. The minimum absolute atomic E-state index is 0.803. The molecular formula is C10H13N3. The molecule has 3 heteroatoms. The summed E-state index contributed by atoms with van der Waals surface area (Å²) in [6.07, 6.45) is 2.95. The van der Waals surface area contributed by atoms with Gasteiger partial charge < -0.3 is 5.73 Å². The van der Waals surface area contributed by atoms with Crippen molar-refractivity contribution in [2.24, 2.45) is 5.10 Å². The molecule has 0 saturated carbocycles. The quantitative estimate of drug-likeness (QED) is 0.661. The van der Waals surface area contributed by atoms with Crippen molar-refractivity contribution in [2.45, 2.75) is 13.3 Å². The van der Waals surface area contributed by atoms with Crippen LogP contribution >= 0.6 is 0 Å². The first kappa shape index (κ1) is 8.10. The molecule has 1 aromatic rings. The van der Waals surface area contributed by atoms with Crippen molar-refractivity contribution >= 4 is 17.6 Å². The minimum Gasteiger partial charge on any atom is -0.399 e. The summed E-state index contributed by atoms with van der Waals surface area (Å²) in [4.78, 5) is 0. The smallest absolute Gasteiger partial charge is 0.0617 e. The van der Waals surface area contributed by atoms with Crippen LogP contribution in [0, 0.1) is 6.92 Å². The van der Waals surface area contributed by atoms with Crippen LogP contribution in [0.25, 0.3) is 0 Å². The van der Waals surface area contributed by atoms with E-state index >= 15 is 0 Å². The molecule has 0 aromatic heterocycles. The summed E-state index contributed by atoms with van der Waals surface area (Å²) >= 11 is 0. The Bertz CT molecular complexity index is 324. The molecule has 1 aliphatic heterocycles. The molecule has 1 aromatic carbocycles. The summed E-state index contributed by atoms with van der Waals surface area (Å²) in [5.74, 6) is 0. The van der Waals surface area contributed by atoms with Gasteiger partial charge in [0.2, 0.25) is 0 Å². The predicted octanol–water partition coefficient (Wildman–Crippen LogP) is 1.77. The van der Waals surface area contributed by atoms with Crippen molar-refractivity contribution in [1.29, 1.82) is 0 Å². The lowest BCUT2D eigenvalue weighted by molar-refractivity contribution is 0.921. The number of nitrogens with two attached hydrogens (primary N) is 1. The molecule has 0 fully saturated rings. The van der Waals surface area contributed by atoms with E-state index in [2.05, 4.69) is 11.2 Å². The summed E-state index contributed by atoms with van der Waals surface area (Å²) in [5, 5.41) is 6.22. The van der Waals surface area contributed by atoms with E-state index in [0.717, 1.165) is 24.3 Å². The fraction of sp³-hybridized carbons (Fsp3) is 0.300. The highest BCUT2D eigenvalue weighted by atomic mass is 15.5. The largest absolute Gasteiger partial charge is 0.399 e. The second-order valence-electron chi connectivity index (χ2n) is 3.31. The van der Waals surface area contributed by atoms with E-state index < -0.39 is 0 Å². The summed E-state index contributed by atoms with van der Waals surface area (Å²) in [5.41, 5.74) is 8.82. The van der Waals surface area contributed by atoms with Gasteiger partial charge in [-0.3, -0.25) is 5.01 Å².